The van der Waals surface area contributed by atoms with Crippen LogP contribution < -0.4 is 19.1 Å². The van der Waals surface area contributed by atoms with E-state index in [0.29, 0.717) is 35.8 Å². The van der Waals surface area contributed by atoms with Gasteiger partial charge in [-0.15, -0.1) is 0 Å². The molecule has 3 rings (SSSR count). The molecule has 0 aromatic heterocycles. The Morgan fingerprint density at radius 2 is 1.96 bits per heavy atom. The molecule has 0 unspecified atom stereocenters. The van der Waals surface area contributed by atoms with E-state index in [1.54, 1.807) is 18.2 Å². The van der Waals surface area contributed by atoms with Crippen molar-refractivity contribution in [3.63, 3.8) is 0 Å². The molecular formula is C19H22N2O5S. The number of rotatable bonds is 7. The van der Waals surface area contributed by atoms with Crippen LogP contribution in [0.1, 0.15) is 12.8 Å². The minimum atomic E-state index is -3.30. The van der Waals surface area contributed by atoms with Gasteiger partial charge in [0.05, 0.1) is 31.6 Å². The summed E-state index contributed by atoms with van der Waals surface area (Å²) >= 11 is 0. The first-order valence-electron chi connectivity index (χ1n) is 8.66. The molecule has 1 amide bonds. The Labute approximate surface area is 158 Å². The van der Waals surface area contributed by atoms with Gasteiger partial charge in [-0.25, -0.2) is 8.42 Å². The molecule has 1 aliphatic rings. The molecular weight excluding hydrogens is 368 g/mol. The molecule has 0 atom stereocenters. The number of benzene rings is 2. The predicted octanol–water partition coefficient (Wildman–Crippen LogP) is 2.64. The summed E-state index contributed by atoms with van der Waals surface area (Å²) in [5, 5.41) is 2.77. The summed E-state index contributed by atoms with van der Waals surface area (Å²) in [6, 6.07) is 14.2. The van der Waals surface area contributed by atoms with Crippen LogP contribution in [0.3, 0.4) is 0 Å². The fourth-order valence-corrected chi connectivity index (χ4v) is 4.45. The van der Waals surface area contributed by atoms with Gasteiger partial charge >= 0.3 is 0 Å². The highest BCUT2D eigenvalue weighted by atomic mass is 32.2. The number of hydrogen-bond acceptors (Lipinski definition) is 5. The molecule has 1 fully saturated rings. The summed E-state index contributed by atoms with van der Waals surface area (Å²) in [7, 11) is -1.82. The minimum absolute atomic E-state index is 0.135. The predicted molar refractivity (Wildman–Crippen MR) is 104 cm³/mol. The van der Waals surface area contributed by atoms with Crippen LogP contribution in [-0.4, -0.2) is 40.3 Å². The fraction of sp³-hybridized carbons (Fsp3) is 0.316. The molecule has 0 saturated carbocycles. The van der Waals surface area contributed by atoms with Gasteiger partial charge < -0.3 is 14.8 Å². The molecule has 1 saturated heterocycles. The van der Waals surface area contributed by atoms with Crippen LogP contribution in [0.25, 0.3) is 0 Å². The SMILES string of the molecule is COc1cc(NC(=O)CCOc2ccccc2)ccc1N1CCCS1(=O)=O. The van der Waals surface area contributed by atoms with Crippen molar-refractivity contribution in [2.45, 2.75) is 12.8 Å². The van der Waals surface area contributed by atoms with Crippen LogP contribution in [0.15, 0.2) is 48.5 Å². The highest BCUT2D eigenvalue weighted by Gasteiger charge is 2.30. The smallest absolute Gasteiger partial charge is 0.235 e. The first-order chi connectivity index (χ1) is 13.0. The summed E-state index contributed by atoms with van der Waals surface area (Å²) in [5.41, 5.74) is 1.03. The third-order valence-corrected chi connectivity index (χ3v) is 6.03. The number of amides is 1. The molecule has 0 radical (unpaired) electrons. The minimum Gasteiger partial charge on any atom is -0.494 e. The molecule has 0 bridgehead atoms. The Kier molecular flexibility index (Phi) is 5.85. The van der Waals surface area contributed by atoms with Gasteiger partial charge in [0.1, 0.15) is 11.5 Å². The van der Waals surface area contributed by atoms with Crippen molar-refractivity contribution in [1.82, 2.24) is 0 Å². The molecule has 144 valence electrons. The van der Waals surface area contributed by atoms with E-state index >= 15 is 0 Å². The first kappa shape index (κ1) is 19.0. The number of anilines is 2. The van der Waals surface area contributed by atoms with E-state index in [1.807, 2.05) is 30.3 Å². The number of ether oxygens (including phenoxy) is 2. The Balaban J connectivity index is 1.61. The van der Waals surface area contributed by atoms with Gasteiger partial charge in [0.2, 0.25) is 15.9 Å². The topological polar surface area (TPSA) is 84.9 Å². The second kappa shape index (κ2) is 8.30. The maximum atomic E-state index is 12.1. The number of carbonyl (C=O) groups excluding carboxylic acids is 1. The Hall–Kier alpha value is -2.74. The largest absolute Gasteiger partial charge is 0.494 e. The lowest BCUT2D eigenvalue weighted by molar-refractivity contribution is -0.116. The average molecular weight is 390 g/mol. The Bertz CT molecular complexity index is 900. The summed E-state index contributed by atoms with van der Waals surface area (Å²) in [4.78, 5) is 12.1. The van der Waals surface area contributed by atoms with Crippen molar-refractivity contribution in [2.75, 3.05) is 35.6 Å². The van der Waals surface area contributed by atoms with Crippen molar-refractivity contribution in [2.24, 2.45) is 0 Å². The van der Waals surface area contributed by atoms with Crippen LogP contribution in [0.4, 0.5) is 11.4 Å². The van der Waals surface area contributed by atoms with E-state index < -0.39 is 10.0 Å². The molecule has 2 aromatic rings. The van der Waals surface area contributed by atoms with Crippen molar-refractivity contribution in [3.8, 4) is 11.5 Å². The first-order valence-corrected chi connectivity index (χ1v) is 10.3. The zero-order valence-electron chi connectivity index (χ0n) is 15.1. The zero-order valence-corrected chi connectivity index (χ0v) is 15.9. The van der Waals surface area contributed by atoms with Gasteiger partial charge in [-0.05, 0) is 30.7 Å². The van der Waals surface area contributed by atoms with Crippen LogP contribution in [-0.2, 0) is 14.8 Å². The zero-order chi connectivity index (χ0) is 19.3. The lowest BCUT2D eigenvalue weighted by Crippen LogP contribution is -2.25. The molecule has 0 aliphatic carbocycles. The summed E-state index contributed by atoms with van der Waals surface area (Å²) in [6.07, 6.45) is 0.783. The van der Waals surface area contributed by atoms with Crippen molar-refractivity contribution >= 4 is 27.3 Å². The second-order valence-electron chi connectivity index (χ2n) is 6.09. The van der Waals surface area contributed by atoms with Gasteiger partial charge in [0, 0.05) is 18.3 Å². The Morgan fingerprint density at radius 1 is 1.19 bits per heavy atom. The fourth-order valence-electron chi connectivity index (χ4n) is 2.87. The standard InChI is InChI=1S/C19H22N2O5S/c1-25-18-14-15(8-9-17(18)21-11-5-13-27(21,23)24)20-19(22)10-12-26-16-6-3-2-4-7-16/h2-4,6-9,14H,5,10-13H2,1H3,(H,20,22). The molecule has 2 aromatic carbocycles. The van der Waals surface area contributed by atoms with E-state index in [1.165, 1.54) is 11.4 Å². The van der Waals surface area contributed by atoms with E-state index in [4.69, 9.17) is 9.47 Å². The summed E-state index contributed by atoms with van der Waals surface area (Å²) < 4.78 is 36.4. The highest BCUT2D eigenvalue weighted by Crippen LogP contribution is 2.35. The van der Waals surface area contributed by atoms with Crippen LogP contribution in [0.5, 0.6) is 11.5 Å². The van der Waals surface area contributed by atoms with E-state index in [-0.39, 0.29) is 24.7 Å². The number of nitrogens with one attached hydrogen (secondary N) is 1. The van der Waals surface area contributed by atoms with Gasteiger partial charge in [-0.3, -0.25) is 9.10 Å². The van der Waals surface area contributed by atoms with Crippen molar-refractivity contribution in [3.05, 3.63) is 48.5 Å². The maximum absolute atomic E-state index is 12.1. The number of carbonyl (C=O) groups is 1. The van der Waals surface area contributed by atoms with Crippen molar-refractivity contribution < 1.29 is 22.7 Å². The lowest BCUT2D eigenvalue weighted by Gasteiger charge is -2.20. The second-order valence-corrected chi connectivity index (χ2v) is 8.10. The number of methoxy groups -OCH3 is 1. The van der Waals surface area contributed by atoms with Crippen LogP contribution in [0.2, 0.25) is 0 Å². The van der Waals surface area contributed by atoms with Gasteiger partial charge in [-0.2, -0.15) is 0 Å². The molecule has 0 spiro atoms. The van der Waals surface area contributed by atoms with Crippen LogP contribution in [0, 0.1) is 0 Å². The molecule has 27 heavy (non-hydrogen) atoms. The van der Waals surface area contributed by atoms with E-state index in [2.05, 4.69) is 5.32 Å². The third kappa shape index (κ3) is 4.71. The number of sulfonamides is 1. The molecule has 7 nitrogen and oxygen atoms in total. The number of nitrogens with zero attached hydrogens (tertiary/aromatic N) is 1. The average Bonchev–Trinajstić information content (AvgIpc) is 3.01. The normalized spacial score (nSPS) is 15.4. The van der Waals surface area contributed by atoms with E-state index in [9.17, 15) is 13.2 Å². The quantitative estimate of drug-likeness (QED) is 0.786. The van der Waals surface area contributed by atoms with Crippen molar-refractivity contribution in [1.29, 1.82) is 0 Å². The number of para-hydroxylation sites is 1. The third-order valence-electron chi connectivity index (χ3n) is 4.17. The summed E-state index contributed by atoms with van der Waals surface area (Å²) in [6.45, 7) is 0.693. The monoisotopic (exact) mass is 390 g/mol. The van der Waals surface area contributed by atoms with Gasteiger partial charge in [0.15, 0.2) is 0 Å². The molecule has 1 heterocycles. The lowest BCUT2D eigenvalue weighted by atomic mass is 10.2. The summed E-state index contributed by atoms with van der Waals surface area (Å²) in [5.74, 6) is 1.05. The van der Waals surface area contributed by atoms with Crippen LogP contribution >= 0.6 is 0 Å². The highest BCUT2D eigenvalue weighted by molar-refractivity contribution is 7.93. The molecule has 1 N–H and O–H groups in total. The molecule has 8 heteroatoms. The maximum Gasteiger partial charge on any atom is 0.235 e. The van der Waals surface area contributed by atoms with Gasteiger partial charge in [0.25, 0.3) is 0 Å². The van der Waals surface area contributed by atoms with Gasteiger partial charge in [-0.1, -0.05) is 18.2 Å². The Morgan fingerprint density at radius 3 is 2.63 bits per heavy atom. The number of hydrogen-bond donors (Lipinski definition) is 1. The van der Waals surface area contributed by atoms with E-state index in [0.717, 1.165) is 0 Å². The molecule has 1 aliphatic heterocycles.